The number of Topliss-reactive ketones (excluding diaryl/α,β-unsaturated/α-hetero) is 1. The second-order valence-corrected chi connectivity index (χ2v) is 1.37. The maximum atomic E-state index is 10.1. The van der Waals surface area contributed by atoms with Gasteiger partial charge < -0.3 is 5.11 Å². The molecule has 0 aromatic heterocycles. The molecular formula is C5H8NaO2. The van der Waals surface area contributed by atoms with Crippen molar-refractivity contribution in [3.8, 4) is 0 Å². The van der Waals surface area contributed by atoms with Gasteiger partial charge >= 0.3 is 0 Å². The standard InChI is InChI=1S/C5H8O2.Na/c1-4(3-6)5(2)7;/h3,6H,1-2H3;/b4-3+;. The van der Waals surface area contributed by atoms with Gasteiger partial charge in [0.05, 0.1) is 6.26 Å². The maximum Gasteiger partial charge on any atom is 0.158 e. The molecular weight excluding hydrogens is 115 g/mol. The van der Waals surface area contributed by atoms with E-state index in [0.29, 0.717) is 5.57 Å². The third-order valence-electron chi connectivity index (χ3n) is 0.749. The number of hydrogen-bond donors (Lipinski definition) is 1. The van der Waals surface area contributed by atoms with Crippen LogP contribution in [0.4, 0.5) is 0 Å². The molecule has 0 heterocycles. The number of rotatable bonds is 1. The number of hydrogen-bond acceptors (Lipinski definition) is 2. The number of allylic oxidation sites excluding steroid dienone is 1. The van der Waals surface area contributed by atoms with Crippen molar-refractivity contribution in [2.24, 2.45) is 0 Å². The molecule has 0 saturated heterocycles. The van der Waals surface area contributed by atoms with Crippen LogP contribution < -0.4 is 0 Å². The smallest absolute Gasteiger partial charge is 0.158 e. The van der Waals surface area contributed by atoms with E-state index >= 15 is 0 Å². The maximum absolute atomic E-state index is 10.1. The zero-order valence-corrected chi connectivity index (χ0v) is 7.43. The minimum atomic E-state index is -0.0949. The zero-order valence-electron chi connectivity index (χ0n) is 5.43. The Morgan fingerprint density at radius 1 is 1.50 bits per heavy atom. The fourth-order valence-corrected chi connectivity index (χ4v) is 0.0909. The van der Waals surface area contributed by atoms with Crippen LogP contribution in [0, 0.1) is 0 Å². The number of aliphatic hydroxyl groups is 1. The summed E-state index contributed by atoms with van der Waals surface area (Å²) >= 11 is 0. The summed E-state index contributed by atoms with van der Waals surface area (Å²) in [7, 11) is 0. The van der Waals surface area contributed by atoms with Gasteiger partial charge in [0.25, 0.3) is 0 Å². The second kappa shape index (κ2) is 5.35. The summed E-state index contributed by atoms with van der Waals surface area (Å²) in [6.07, 6.45) is 0.808. The van der Waals surface area contributed by atoms with E-state index in [1.54, 1.807) is 6.92 Å². The third kappa shape index (κ3) is 4.37. The van der Waals surface area contributed by atoms with Crippen LogP contribution in [0.5, 0.6) is 0 Å². The van der Waals surface area contributed by atoms with Gasteiger partial charge in [0.15, 0.2) is 5.78 Å². The molecule has 41 valence electrons. The van der Waals surface area contributed by atoms with Crippen molar-refractivity contribution in [1.82, 2.24) is 0 Å². The largest absolute Gasteiger partial charge is 0.515 e. The molecule has 0 spiro atoms. The molecule has 0 aliphatic rings. The Morgan fingerprint density at radius 3 is 1.88 bits per heavy atom. The van der Waals surface area contributed by atoms with Gasteiger partial charge in [-0.2, -0.15) is 0 Å². The van der Waals surface area contributed by atoms with Crippen LogP contribution in [0.25, 0.3) is 0 Å². The SMILES string of the molecule is CC(=O)/C(C)=C/O.[Na]. The number of carbonyl (C=O) groups excluding carboxylic acids is 1. The summed E-state index contributed by atoms with van der Waals surface area (Å²) in [5, 5.41) is 8.12. The van der Waals surface area contributed by atoms with E-state index in [1.165, 1.54) is 6.92 Å². The zero-order chi connectivity index (χ0) is 5.86. The number of ketones is 1. The van der Waals surface area contributed by atoms with Gasteiger partial charge in [-0.3, -0.25) is 4.79 Å². The van der Waals surface area contributed by atoms with Crippen molar-refractivity contribution < 1.29 is 9.90 Å². The topological polar surface area (TPSA) is 37.3 Å². The van der Waals surface area contributed by atoms with Crippen LogP contribution >= 0.6 is 0 Å². The fourth-order valence-electron chi connectivity index (χ4n) is 0.0909. The monoisotopic (exact) mass is 123 g/mol. The van der Waals surface area contributed by atoms with Crippen molar-refractivity contribution in [3.63, 3.8) is 0 Å². The van der Waals surface area contributed by atoms with Gasteiger partial charge in [-0.05, 0) is 13.8 Å². The predicted octanol–water partition coefficient (Wildman–Crippen LogP) is 0.656. The molecule has 0 unspecified atom stereocenters. The molecule has 0 aromatic rings. The Hall–Kier alpha value is 0.210. The number of aliphatic hydroxyl groups excluding tert-OH is 1. The first-order valence-corrected chi connectivity index (χ1v) is 2.00. The van der Waals surface area contributed by atoms with Crippen molar-refractivity contribution in [3.05, 3.63) is 11.8 Å². The average Bonchev–Trinajstić information content (AvgIpc) is 1.65. The molecule has 0 aliphatic heterocycles. The molecule has 0 aliphatic carbocycles. The van der Waals surface area contributed by atoms with Gasteiger partial charge in [-0.25, -0.2) is 0 Å². The summed E-state index contributed by atoms with van der Waals surface area (Å²) in [5.41, 5.74) is 0.389. The summed E-state index contributed by atoms with van der Waals surface area (Å²) in [4.78, 5) is 10.1. The third-order valence-corrected chi connectivity index (χ3v) is 0.749. The van der Waals surface area contributed by atoms with Crippen molar-refractivity contribution in [1.29, 1.82) is 0 Å². The Morgan fingerprint density at radius 2 is 1.88 bits per heavy atom. The van der Waals surface area contributed by atoms with E-state index < -0.39 is 0 Å². The van der Waals surface area contributed by atoms with E-state index in [4.69, 9.17) is 5.11 Å². The quantitative estimate of drug-likeness (QED) is 0.316. The van der Waals surface area contributed by atoms with E-state index in [0.717, 1.165) is 6.26 Å². The van der Waals surface area contributed by atoms with E-state index in [9.17, 15) is 4.79 Å². The van der Waals surface area contributed by atoms with Crippen LogP contribution in [0.2, 0.25) is 0 Å². The first-order valence-electron chi connectivity index (χ1n) is 2.00. The van der Waals surface area contributed by atoms with Gasteiger partial charge in [0, 0.05) is 35.1 Å². The van der Waals surface area contributed by atoms with Crippen LogP contribution in [0.1, 0.15) is 13.8 Å². The van der Waals surface area contributed by atoms with Crippen LogP contribution in [-0.2, 0) is 4.79 Å². The molecule has 0 rings (SSSR count). The van der Waals surface area contributed by atoms with Gasteiger partial charge in [-0.1, -0.05) is 0 Å². The molecule has 0 amide bonds. The molecule has 0 aromatic carbocycles. The average molecular weight is 123 g/mol. The summed E-state index contributed by atoms with van der Waals surface area (Å²) in [6, 6.07) is 0. The van der Waals surface area contributed by atoms with Gasteiger partial charge in [0.1, 0.15) is 0 Å². The van der Waals surface area contributed by atoms with E-state index in [-0.39, 0.29) is 35.3 Å². The summed E-state index contributed by atoms with van der Waals surface area (Å²) < 4.78 is 0. The minimum Gasteiger partial charge on any atom is -0.515 e. The Balaban J connectivity index is 0. The Bertz CT molecular complexity index is 107. The van der Waals surface area contributed by atoms with Gasteiger partial charge in [-0.15, -0.1) is 0 Å². The molecule has 2 nitrogen and oxygen atoms in total. The first kappa shape index (κ1) is 11.1. The predicted molar refractivity (Wildman–Crippen MR) is 32.8 cm³/mol. The molecule has 0 bridgehead atoms. The Kier molecular flexibility index (Phi) is 7.40. The van der Waals surface area contributed by atoms with Crippen molar-refractivity contribution >= 4 is 35.3 Å². The van der Waals surface area contributed by atoms with Crippen molar-refractivity contribution in [2.45, 2.75) is 13.8 Å². The number of carbonyl (C=O) groups is 1. The minimum absolute atomic E-state index is 0. The van der Waals surface area contributed by atoms with E-state index in [1.807, 2.05) is 0 Å². The molecule has 0 fully saturated rings. The van der Waals surface area contributed by atoms with Crippen LogP contribution in [-0.4, -0.2) is 40.4 Å². The first-order chi connectivity index (χ1) is 3.18. The fraction of sp³-hybridized carbons (Fsp3) is 0.400. The molecule has 8 heavy (non-hydrogen) atoms. The van der Waals surface area contributed by atoms with Crippen molar-refractivity contribution in [2.75, 3.05) is 0 Å². The molecule has 1 N–H and O–H groups in total. The molecule has 3 heteroatoms. The second-order valence-electron chi connectivity index (χ2n) is 1.37. The van der Waals surface area contributed by atoms with Gasteiger partial charge in [0.2, 0.25) is 0 Å². The summed E-state index contributed by atoms with van der Waals surface area (Å²) in [5.74, 6) is -0.0949. The van der Waals surface area contributed by atoms with Crippen LogP contribution in [0.15, 0.2) is 11.8 Å². The van der Waals surface area contributed by atoms with E-state index in [2.05, 4.69) is 0 Å². The Labute approximate surface area is 70.9 Å². The van der Waals surface area contributed by atoms with Crippen LogP contribution in [0.3, 0.4) is 0 Å². The summed E-state index contributed by atoms with van der Waals surface area (Å²) in [6.45, 7) is 2.96. The molecule has 0 saturated carbocycles. The molecule has 1 radical (unpaired) electrons. The molecule has 0 atom stereocenters. The normalized spacial score (nSPS) is 10.0.